The van der Waals surface area contributed by atoms with Crippen LogP contribution in [0.15, 0.2) is 4.99 Å². The number of rotatable bonds is 17. The second-order valence-corrected chi connectivity index (χ2v) is 8.38. The molecule has 6 nitrogen and oxygen atoms in total. The lowest BCUT2D eigenvalue weighted by Crippen LogP contribution is -2.42. The van der Waals surface area contributed by atoms with Crippen molar-refractivity contribution >= 4 is 17.8 Å². The molecule has 1 rings (SSSR count). The minimum Gasteiger partial charge on any atom is -0.481 e. The summed E-state index contributed by atoms with van der Waals surface area (Å²) in [5.41, 5.74) is 0. The van der Waals surface area contributed by atoms with E-state index in [1.54, 1.807) is 6.92 Å². The molecular formula is C24H46N2O4. The second-order valence-electron chi connectivity index (χ2n) is 8.38. The Bertz CT molecular complexity index is 466. The highest BCUT2D eigenvalue weighted by Gasteiger charge is 2.19. The summed E-state index contributed by atoms with van der Waals surface area (Å²) in [5, 5.41) is 19.8. The van der Waals surface area contributed by atoms with Crippen LogP contribution in [0, 0.1) is 0 Å². The molecule has 0 saturated carbocycles. The normalized spacial score (nSPS) is 15.5. The van der Waals surface area contributed by atoms with Crippen LogP contribution in [0.1, 0.15) is 123 Å². The van der Waals surface area contributed by atoms with Crippen molar-refractivity contribution in [2.75, 3.05) is 6.54 Å². The number of unbranched alkanes of at least 4 members (excludes halogenated alkanes) is 14. The maximum Gasteiger partial charge on any atom is 0.326 e. The van der Waals surface area contributed by atoms with Crippen molar-refractivity contribution in [3.05, 3.63) is 0 Å². The quantitative estimate of drug-likeness (QED) is 0.241. The largest absolute Gasteiger partial charge is 0.481 e. The van der Waals surface area contributed by atoms with Gasteiger partial charge < -0.3 is 15.5 Å². The Balaban J connectivity index is 0.000000696. The number of carboxylic acid groups (broad SMARTS) is 2. The zero-order chi connectivity index (χ0) is 22.5. The smallest absolute Gasteiger partial charge is 0.326 e. The van der Waals surface area contributed by atoms with E-state index >= 15 is 0 Å². The van der Waals surface area contributed by atoms with Crippen molar-refractivity contribution in [1.82, 2.24) is 5.32 Å². The molecule has 0 bridgehead atoms. The summed E-state index contributed by atoms with van der Waals surface area (Å²) < 4.78 is 0. The number of hydrogen-bond donors (Lipinski definition) is 3. The van der Waals surface area contributed by atoms with Crippen LogP contribution in [0.5, 0.6) is 0 Å². The Kier molecular flexibility index (Phi) is 19.6. The van der Waals surface area contributed by atoms with Gasteiger partial charge in [0.25, 0.3) is 0 Å². The summed E-state index contributed by atoms with van der Waals surface area (Å²) in [5.74, 6) is -0.729. The Morgan fingerprint density at radius 2 is 1.27 bits per heavy atom. The fourth-order valence-electron chi connectivity index (χ4n) is 3.56. The Morgan fingerprint density at radius 1 is 0.833 bits per heavy atom. The molecule has 0 aromatic heterocycles. The third-order valence-corrected chi connectivity index (χ3v) is 5.44. The summed E-state index contributed by atoms with van der Waals surface area (Å²) >= 11 is 0. The van der Waals surface area contributed by atoms with Gasteiger partial charge in [-0.3, -0.25) is 9.79 Å². The highest BCUT2D eigenvalue weighted by atomic mass is 16.4. The molecular weight excluding hydrogens is 380 g/mol. The average Bonchev–Trinajstić information content (AvgIpc) is 2.71. The number of carbonyl (C=O) groups is 2. The van der Waals surface area contributed by atoms with Crippen molar-refractivity contribution in [2.45, 2.75) is 129 Å². The fraction of sp³-hybridized carbons (Fsp3) is 0.875. The average molecular weight is 427 g/mol. The van der Waals surface area contributed by atoms with E-state index < -0.39 is 18.0 Å². The maximum absolute atomic E-state index is 10.4. The Morgan fingerprint density at radius 3 is 1.60 bits per heavy atom. The molecule has 0 amide bonds. The summed E-state index contributed by atoms with van der Waals surface area (Å²) in [6.07, 6.45) is 20.8. The van der Waals surface area contributed by atoms with Gasteiger partial charge in [-0.15, -0.1) is 0 Å². The van der Waals surface area contributed by atoms with E-state index in [1.807, 2.05) is 0 Å². The summed E-state index contributed by atoms with van der Waals surface area (Å²) in [4.78, 5) is 24.7. The van der Waals surface area contributed by atoms with Crippen molar-refractivity contribution < 1.29 is 19.8 Å². The number of hydrogen-bond acceptors (Lipinski definition) is 4. The predicted octanol–water partition coefficient (Wildman–Crippen LogP) is 6.18. The molecule has 30 heavy (non-hydrogen) atoms. The van der Waals surface area contributed by atoms with Gasteiger partial charge in [0.15, 0.2) is 0 Å². The van der Waals surface area contributed by atoms with Crippen LogP contribution in [0.25, 0.3) is 0 Å². The van der Waals surface area contributed by atoms with E-state index in [0.717, 1.165) is 18.7 Å². The number of aliphatic carboxylic acids is 2. The molecule has 0 radical (unpaired) electrons. The molecule has 176 valence electrons. The minimum atomic E-state index is -0.797. The molecule has 6 heteroatoms. The van der Waals surface area contributed by atoms with Gasteiger partial charge >= 0.3 is 11.9 Å². The number of nitrogens with zero attached hydrogens (tertiary/aromatic N) is 1. The van der Waals surface area contributed by atoms with Crippen molar-refractivity contribution in [3.8, 4) is 0 Å². The van der Waals surface area contributed by atoms with E-state index in [4.69, 9.17) is 10.2 Å². The van der Waals surface area contributed by atoms with E-state index in [-0.39, 0.29) is 0 Å². The highest BCUT2D eigenvalue weighted by Crippen LogP contribution is 2.13. The van der Waals surface area contributed by atoms with E-state index in [9.17, 15) is 9.59 Å². The highest BCUT2D eigenvalue weighted by molar-refractivity contribution is 5.86. The molecule has 0 aromatic rings. The minimum absolute atomic E-state index is 0.345. The van der Waals surface area contributed by atoms with Crippen LogP contribution >= 0.6 is 0 Å². The van der Waals surface area contributed by atoms with E-state index in [1.165, 1.54) is 83.5 Å². The zero-order valence-corrected chi connectivity index (χ0v) is 19.5. The third-order valence-electron chi connectivity index (χ3n) is 5.44. The summed E-state index contributed by atoms with van der Waals surface area (Å²) in [6.45, 7) is 4.66. The molecule has 1 unspecified atom stereocenters. The molecule has 1 heterocycles. The SMILES string of the molecule is CC1=NCCC(C(=O)O)N1.CCCCCCCCCCCCCCCCCC(=O)O. The van der Waals surface area contributed by atoms with Crippen LogP contribution in [-0.4, -0.2) is 40.6 Å². The molecule has 0 spiro atoms. The predicted molar refractivity (Wildman–Crippen MR) is 124 cm³/mol. The first-order valence-electron chi connectivity index (χ1n) is 12.2. The van der Waals surface area contributed by atoms with Gasteiger partial charge in [-0.2, -0.15) is 0 Å². The molecule has 0 saturated heterocycles. The van der Waals surface area contributed by atoms with Crippen LogP contribution in [0.4, 0.5) is 0 Å². The third kappa shape index (κ3) is 19.7. The fourth-order valence-corrected chi connectivity index (χ4v) is 3.56. The van der Waals surface area contributed by atoms with Gasteiger partial charge in [0.2, 0.25) is 0 Å². The molecule has 1 atom stereocenters. The van der Waals surface area contributed by atoms with Crippen LogP contribution in [0.2, 0.25) is 0 Å². The van der Waals surface area contributed by atoms with Gasteiger partial charge in [-0.05, 0) is 19.8 Å². The van der Waals surface area contributed by atoms with Gasteiger partial charge in [0.05, 0.1) is 5.84 Å². The molecule has 1 aliphatic heterocycles. The Hall–Kier alpha value is -1.59. The number of nitrogens with one attached hydrogen (secondary N) is 1. The lowest BCUT2D eigenvalue weighted by molar-refractivity contribution is -0.139. The molecule has 0 aromatic carbocycles. The lowest BCUT2D eigenvalue weighted by Gasteiger charge is -2.18. The van der Waals surface area contributed by atoms with Gasteiger partial charge in [-0.1, -0.05) is 96.8 Å². The number of amidine groups is 1. The zero-order valence-electron chi connectivity index (χ0n) is 19.5. The van der Waals surface area contributed by atoms with Crippen LogP contribution in [-0.2, 0) is 9.59 Å². The first-order chi connectivity index (χ1) is 14.5. The lowest BCUT2D eigenvalue weighted by atomic mass is 10.0. The standard InChI is InChI=1S/C18H36O2.C6H10N2O2/c1-2-3-4-5-6-7-8-9-10-11-12-13-14-15-16-17-18(19)20;1-4-7-3-2-5(8-4)6(9)10/h2-17H2,1H3,(H,19,20);5H,2-3H2,1H3,(H,7,8)(H,9,10). The van der Waals surface area contributed by atoms with Gasteiger partial charge in [-0.25, -0.2) is 4.79 Å². The second kappa shape index (κ2) is 20.7. The van der Waals surface area contributed by atoms with Crippen molar-refractivity contribution in [1.29, 1.82) is 0 Å². The van der Waals surface area contributed by atoms with Crippen molar-refractivity contribution in [3.63, 3.8) is 0 Å². The van der Waals surface area contributed by atoms with Crippen LogP contribution < -0.4 is 5.32 Å². The van der Waals surface area contributed by atoms with Gasteiger partial charge in [0.1, 0.15) is 6.04 Å². The van der Waals surface area contributed by atoms with Crippen LogP contribution in [0.3, 0.4) is 0 Å². The van der Waals surface area contributed by atoms with E-state index in [0.29, 0.717) is 19.4 Å². The molecule has 0 fully saturated rings. The number of aliphatic imine (C=N–C) groups is 1. The van der Waals surface area contributed by atoms with Gasteiger partial charge in [0, 0.05) is 13.0 Å². The van der Waals surface area contributed by atoms with E-state index in [2.05, 4.69) is 17.2 Å². The number of carboxylic acids is 2. The topological polar surface area (TPSA) is 99.0 Å². The molecule has 1 aliphatic rings. The summed E-state index contributed by atoms with van der Waals surface area (Å²) in [6, 6.07) is -0.433. The summed E-state index contributed by atoms with van der Waals surface area (Å²) in [7, 11) is 0. The molecule has 0 aliphatic carbocycles. The first kappa shape index (κ1) is 28.4. The maximum atomic E-state index is 10.4. The first-order valence-corrected chi connectivity index (χ1v) is 12.2. The van der Waals surface area contributed by atoms with Crippen molar-refractivity contribution in [2.24, 2.45) is 4.99 Å². The molecule has 3 N–H and O–H groups in total. The Labute approximate surface area is 183 Å². The monoisotopic (exact) mass is 426 g/mol.